The minimum Gasteiger partial charge on any atom is -0.491 e. The van der Waals surface area contributed by atoms with Crippen molar-refractivity contribution in [2.45, 2.75) is 26.0 Å². The fourth-order valence-corrected chi connectivity index (χ4v) is 1.96. The first-order valence-corrected chi connectivity index (χ1v) is 6.36. The maximum absolute atomic E-state index is 11.4. The van der Waals surface area contributed by atoms with Crippen LogP contribution in [0, 0.1) is 0 Å². The highest BCUT2D eigenvalue weighted by atomic mass is 16.6. The molecule has 0 aromatic heterocycles. The van der Waals surface area contributed by atoms with Crippen molar-refractivity contribution in [3.63, 3.8) is 0 Å². The van der Waals surface area contributed by atoms with Gasteiger partial charge in [-0.25, -0.2) is 4.79 Å². The van der Waals surface area contributed by atoms with Crippen molar-refractivity contribution < 1.29 is 19.0 Å². The molecule has 1 heterocycles. The highest BCUT2D eigenvalue weighted by Gasteiger charge is 2.23. The lowest BCUT2D eigenvalue weighted by Crippen LogP contribution is -2.18. The van der Waals surface area contributed by atoms with Crippen molar-refractivity contribution in [2.24, 2.45) is 0 Å². The predicted octanol–water partition coefficient (Wildman–Crippen LogP) is 1.67. The minimum absolute atomic E-state index is 0.0909. The molecule has 1 aliphatic heterocycles. The van der Waals surface area contributed by atoms with Crippen LogP contribution in [0.2, 0.25) is 0 Å². The Morgan fingerprint density at radius 2 is 2.32 bits per heavy atom. The van der Waals surface area contributed by atoms with Gasteiger partial charge in [-0.1, -0.05) is 0 Å². The number of fused-ring (bicyclic) bond motifs is 1. The standard InChI is InChI=1S/C14H19NO4/c1-9(2)19-14(16)8-17-10-4-5-11-12(15-3)7-18-13(11)6-10/h4-6,9,12,15H,7-8H2,1-3H3. The third-order valence-electron chi connectivity index (χ3n) is 2.84. The van der Waals surface area contributed by atoms with E-state index in [-0.39, 0.29) is 24.7 Å². The van der Waals surface area contributed by atoms with Crippen LogP contribution >= 0.6 is 0 Å². The molecule has 1 aromatic rings. The van der Waals surface area contributed by atoms with E-state index < -0.39 is 0 Å². The van der Waals surface area contributed by atoms with Crippen LogP contribution in [-0.2, 0) is 9.53 Å². The van der Waals surface area contributed by atoms with Crippen LogP contribution < -0.4 is 14.8 Å². The zero-order valence-corrected chi connectivity index (χ0v) is 11.4. The second kappa shape index (κ2) is 5.93. The molecular formula is C14H19NO4. The first-order valence-electron chi connectivity index (χ1n) is 6.36. The van der Waals surface area contributed by atoms with Crippen LogP contribution in [0.1, 0.15) is 25.5 Å². The molecule has 1 aromatic carbocycles. The fraction of sp³-hybridized carbons (Fsp3) is 0.500. The van der Waals surface area contributed by atoms with Gasteiger partial charge in [0.25, 0.3) is 0 Å². The molecule has 0 bridgehead atoms. The number of hydrogen-bond acceptors (Lipinski definition) is 5. The summed E-state index contributed by atoms with van der Waals surface area (Å²) in [6, 6.07) is 5.80. The van der Waals surface area contributed by atoms with Gasteiger partial charge in [-0.15, -0.1) is 0 Å². The van der Waals surface area contributed by atoms with Crippen molar-refractivity contribution in [1.29, 1.82) is 0 Å². The summed E-state index contributed by atoms with van der Waals surface area (Å²) in [4.78, 5) is 11.4. The summed E-state index contributed by atoms with van der Waals surface area (Å²) in [6.07, 6.45) is -0.129. The summed E-state index contributed by atoms with van der Waals surface area (Å²) < 4.78 is 15.9. The molecule has 104 valence electrons. The normalized spacial score (nSPS) is 16.9. The third-order valence-corrected chi connectivity index (χ3v) is 2.84. The largest absolute Gasteiger partial charge is 0.491 e. The predicted molar refractivity (Wildman–Crippen MR) is 70.5 cm³/mol. The molecule has 0 saturated heterocycles. The zero-order chi connectivity index (χ0) is 13.8. The van der Waals surface area contributed by atoms with E-state index >= 15 is 0 Å². The molecule has 1 atom stereocenters. The zero-order valence-electron chi connectivity index (χ0n) is 11.4. The second-order valence-corrected chi connectivity index (χ2v) is 4.68. The molecule has 0 saturated carbocycles. The Morgan fingerprint density at radius 1 is 1.53 bits per heavy atom. The van der Waals surface area contributed by atoms with Gasteiger partial charge in [0.05, 0.1) is 12.1 Å². The summed E-state index contributed by atoms with van der Waals surface area (Å²) in [5.74, 6) is 1.04. The van der Waals surface area contributed by atoms with Crippen LogP contribution in [0.5, 0.6) is 11.5 Å². The lowest BCUT2D eigenvalue weighted by atomic mass is 10.1. The van der Waals surface area contributed by atoms with Gasteiger partial charge < -0.3 is 19.5 Å². The Hall–Kier alpha value is -1.75. The number of nitrogens with one attached hydrogen (secondary N) is 1. The number of esters is 1. The summed E-state index contributed by atoms with van der Waals surface area (Å²) in [7, 11) is 1.90. The van der Waals surface area contributed by atoms with Gasteiger partial charge in [0, 0.05) is 11.6 Å². The molecule has 0 radical (unpaired) electrons. The molecule has 5 nitrogen and oxygen atoms in total. The average Bonchev–Trinajstić information content (AvgIpc) is 2.77. The van der Waals surface area contributed by atoms with Gasteiger partial charge in [-0.2, -0.15) is 0 Å². The van der Waals surface area contributed by atoms with E-state index in [2.05, 4.69) is 5.32 Å². The Balaban J connectivity index is 1.94. The van der Waals surface area contributed by atoms with E-state index in [0.717, 1.165) is 11.3 Å². The lowest BCUT2D eigenvalue weighted by molar-refractivity contribution is -0.149. The minimum atomic E-state index is -0.371. The molecule has 0 aliphatic carbocycles. The van der Waals surface area contributed by atoms with E-state index in [9.17, 15) is 4.79 Å². The molecule has 19 heavy (non-hydrogen) atoms. The summed E-state index contributed by atoms with van der Waals surface area (Å²) in [6.45, 7) is 4.13. The quantitative estimate of drug-likeness (QED) is 0.821. The van der Waals surface area contributed by atoms with Crippen LogP contribution in [0.15, 0.2) is 18.2 Å². The summed E-state index contributed by atoms with van der Waals surface area (Å²) in [5, 5.41) is 3.17. The highest BCUT2D eigenvalue weighted by Crippen LogP contribution is 2.34. The van der Waals surface area contributed by atoms with Gasteiger partial charge in [-0.3, -0.25) is 0 Å². The van der Waals surface area contributed by atoms with Crippen molar-refractivity contribution >= 4 is 5.97 Å². The first kappa shape index (κ1) is 13.7. The Bertz CT molecular complexity index is 459. The second-order valence-electron chi connectivity index (χ2n) is 4.68. The van der Waals surface area contributed by atoms with Crippen LogP contribution in [0.25, 0.3) is 0 Å². The monoisotopic (exact) mass is 265 g/mol. The molecule has 2 rings (SSSR count). The number of carbonyl (C=O) groups excluding carboxylic acids is 1. The molecule has 1 unspecified atom stereocenters. The van der Waals surface area contributed by atoms with E-state index in [4.69, 9.17) is 14.2 Å². The topological polar surface area (TPSA) is 56.8 Å². The summed E-state index contributed by atoms with van der Waals surface area (Å²) in [5.41, 5.74) is 1.11. The third kappa shape index (κ3) is 3.38. The number of carbonyl (C=O) groups is 1. The Morgan fingerprint density at radius 3 is 3.00 bits per heavy atom. The smallest absolute Gasteiger partial charge is 0.344 e. The molecule has 0 fully saturated rings. The molecule has 0 amide bonds. The first-order chi connectivity index (χ1) is 9.10. The maximum Gasteiger partial charge on any atom is 0.344 e. The average molecular weight is 265 g/mol. The molecular weight excluding hydrogens is 246 g/mol. The van der Waals surface area contributed by atoms with Crippen LogP contribution in [-0.4, -0.2) is 32.3 Å². The molecule has 1 N–H and O–H groups in total. The van der Waals surface area contributed by atoms with Crippen molar-refractivity contribution in [1.82, 2.24) is 5.32 Å². The van der Waals surface area contributed by atoms with Crippen molar-refractivity contribution in [2.75, 3.05) is 20.3 Å². The molecule has 0 spiro atoms. The van der Waals surface area contributed by atoms with Gasteiger partial charge in [-0.05, 0) is 33.0 Å². The lowest BCUT2D eigenvalue weighted by Gasteiger charge is -2.10. The number of ether oxygens (including phenoxy) is 3. The Labute approximate surface area is 112 Å². The fourth-order valence-electron chi connectivity index (χ4n) is 1.96. The molecule has 1 aliphatic rings. The van der Waals surface area contributed by atoms with Crippen LogP contribution in [0.3, 0.4) is 0 Å². The van der Waals surface area contributed by atoms with Gasteiger partial charge >= 0.3 is 5.97 Å². The van der Waals surface area contributed by atoms with Crippen molar-refractivity contribution in [3.8, 4) is 11.5 Å². The number of likely N-dealkylation sites (N-methyl/N-ethyl adjacent to an activating group) is 1. The number of benzene rings is 1. The maximum atomic E-state index is 11.4. The van der Waals surface area contributed by atoms with E-state index in [1.807, 2.05) is 19.2 Å². The number of hydrogen-bond donors (Lipinski definition) is 1. The van der Waals surface area contributed by atoms with Gasteiger partial charge in [0.1, 0.15) is 18.1 Å². The van der Waals surface area contributed by atoms with E-state index in [0.29, 0.717) is 12.4 Å². The summed E-state index contributed by atoms with van der Waals surface area (Å²) >= 11 is 0. The molecule has 5 heteroatoms. The van der Waals surface area contributed by atoms with Crippen LogP contribution in [0.4, 0.5) is 0 Å². The number of rotatable bonds is 5. The van der Waals surface area contributed by atoms with Gasteiger partial charge in [0.2, 0.25) is 0 Å². The van der Waals surface area contributed by atoms with E-state index in [1.54, 1.807) is 19.9 Å². The van der Waals surface area contributed by atoms with E-state index in [1.165, 1.54) is 0 Å². The Kier molecular flexibility index (Phi) is 4.27. The van der Waals surface area contributed by atoms with Crippen molar-refractivity contribution in [3.05, 3.63) is 23.8 Å². The van der Waals surface area contributed by atoms with Gasteiger partial charge in [0.15, 0.2) is 6.61 Å². The highest BCUT2D eigenvalue weighted by molar-refractivity contribution is 5.71. The SMILES string of the molecule is CNC1COc2cc(OCC(=O)OC(C)C)ccc21.